The molecule has 184 valence electrons. The van der Waals surface area contributed by atoms with E-state index in [0.29, 0.717) is 0 Å². The van der Waals surface area contributed by atoms with Gasteiger partial charge in [0, 0.05) is 27.5 Å². The standard InChI is InChI=1S/C37H26NS/c1-23-25-12-4-3-11-24(25)19-20-26(23)35-37-33(21-22-38(35)2)34-31-17-9-7-15-29(31)27-13-5-6-14-28(27)30-16-8-10-18-32(30)36(34)39-37/h3-22H,1-2H3/q+1. The Morgan fingerprint density at radius 3 is 1.79 bits per heavy atom. The van der Waals surface area contributed by atoms with Gasteiger partial charge in [0.2, 0.25) is 5.69 Å². The van der Waals surface area contributed by atoms with E-state index in [1.165, 1.54) is 81.5 Å². The van der Waals surface area contributed by atoms with E-state index in [0.717, 1.165) is 0 Å². The molecule has 8 rings (SSSR count). The molecule has 1 aliphatic carbocycles. The summed E-state index contributed by atoms with van der Waals surface area (Å²) in [6.07, 6.45) is 2.24. The van der Waals surface area contributed by atoms with Crippen molar-refractivity contribution in [2.45, 2.75) is 6.92 Å². The third-order valence-electron chi connectivity index (χ3n) is 8.31. The Bertz CT molecular complexity index is 2100. The van der Waals surface area contributed by atoms with Crippen molar-refractivity contribution in [1.82, 2.24) is 0 Å². The Hall–Kier alpha value is -4.53. The van der Waals surface area contributed by atoms with E-state index < -0.39 is 0 Å². The summed E-state index contributed by atoms with van der Waals surface area (Å²) in [7, 11) is 2.18. The first-order chi connectivity index (χ1) is 19.2. The fourth-order valence-electron chi connectivity index (χ4n) is 6.46. The first-order valence-corrected chi connectivity index (χ1v) is 14.2. The highest BCUT2D eigenvalue weighted by molar-refractivity contribution is 7.23. The second-order valence-corrected chi connectivity index (χ2v) is 11.4. The van der Waals surface area contributed by atoms with Crippen LogP contribution in [0.2, 0.25) is 0 Å². The lowest BCUT2D eigenvalue weighted by atomic mass is 9.83. The van der Waals surface area contributed by atoms with Gasteiger partial charge in [-0.2, -0.15) is 4.57 Å². The summed E-state index contributed by atoms with van der Waals surface area (Å²) in [5.74, 6) is 0. The number of aryl methyl sites for hydroxylation is 2. The lowest BCUT2D eigenvalue weighted by Gasteiger charge is -2.21. The molecule has 0 amide bonds. The third-order valence-corrected chi connectivity index (χ3v) is 9.55. The van der Waals surface area contributed by atoms with Gasteiger partial charge < -0.3 is 0 Å². The molecule has 0 bridgehead atoms. The summed E-state index contributed by atoms with van der Waals surface area (Å²) < 4.78 is 3.63. The molecule has 0 unspecified atom stereocenters. The number of hydrogen-bond donors (Lipinski definition) is 0. The number of fused-ring (bicyclic) bond motifs is 11. The molecule has 2 heteroatoms. The van der Waals surface area contributed by atoms with Crippen LogP contribution in [-0.4, -0.2) is 0 Å². The van der Waals surface area contributed by atoms with Crippen LogP contribution in [0.5, 0.6) is 0 Å². The first kappa shape index (κ1) is 22.5. The molecule has 0 N–H and O–H groups in total. The Labute approximate surface area is 232 Å². The molecular weight excluding hydrogens is 490 g/mol. The molecule has 0 atom stereocenters. The average molecular weight is 517 g/mol. The van der Waals surface area contributed by atoms with Crippen molar-refractivity contribution < 1.29 is 4.57 Å². The van der Waals surface area contributed by atoms with Crippen molar-refractivity contribution in [3.63, 3.8) is 0 Å². The third kappa shape index (κ3) is 3.22. The summed E-state index contributed by atoms with van der Waals surface area (Å²) >= 11 is 1.93. The molecule has 0 aliphatic heterocycles. The number of nitrogens with zero attached hydrogens (tertiary/aromatic N) is 1. The largest absolute Gasteiger partial charge is 0.230 e. The van der Waals surface area contributed by atoms with Gasteiger partial charge in [-0.15, -0.1) is 11.3 Å². The van der Waals surface area contributed by atoms with E-state index in [1.807, 2.05) is 11.3 Å². The van der Waals surface area contributed by atoms with E-state index in [4.69, 9.17) is 0 Å². The number of thiophene rings is 1. The van der Waals surface area contributed by atoms with Gasteiger partial charge in [0.15, 0.2) is 6.20 Å². The molecule has 5 aromatic carbocycles. The van der Waals surface area contributed by atoms with Crippen LogP contribution in [-0.2, 0) is 7.05 Å². The minimum atomic E-state index is 1.28. The first-order valence-electron chi connectivity index (χ1n) is 13.4. The quantitative estimate of drug-likeness (QED) is 0.191. The van der Waals surface area contributed by atoms with E-state index in [2.05, 4.69) is 140 Å². The van der Waals surface area contributed by atoms with Crippen LogP contribution in [0.4, 0.5) is 0 Å². The molecule has 0 radical (unpaired) electrons. The zero-order chi connectivity index (χ0) is 26.1. The molecule has 0 saturated heterocycles. The number of rotatable bonds is 1. The van der Waals surface area contributed by atoms with Crippen LogP contribution in [0, 0.1) is 6.92 Å². The Kier molecular flexibility index (Phi) is 4.89. The predicted molar refractivity (Wildman–Crippen MR) is 166 cm³/mol. The molecule has 2 aromatic heterocycles. The van der Waals surface area contributed by atoms with Gasteiger partial charge in [0.25, 0.3) is 0 Å². The summed E-state index contributed by atoms with van der Waals surface area (Å²) in [6, 6.07) is 42.3. The van der Waals surface area contributed by atoms with Gasteiger partial charge in [-0.1, -0.05) is 103 Å². The average Bonchev–Trinajstić information content (AvgIpc) is 3.36. The Morgan fingerprint density at radius 2 is 1.08 bits per heavy atom. The van der Waals surface area contributed by atoms with Crippen molar-refractivity contribution in [1.29, 1.82) is 0 Å². The van der Waals surface area contributed by atoms with Crippen LogP contribution in [0.3, 0.4) is 0 Å². The summed E-state index contributed by atoms with van der Waals surface area (Å²) in [5.41, 5.74) is 13.0. The van der Waals surface area contributed by atoms with Crippen LogP contribution >= 0.6 is 11.3 Å². The molecule has 1 aliphatic rings. The minimum absolute atomic E-state index is 1.28. The highest BCUT2D eigenvalue weighted by Gasteiger charge is 2.29. The molecule has 1 nitrogen and oxygen atoms in total. The van der Waals surface area contributed by atoms with Crippen LogP contribution < -0.4 is 4.57 Å². The Morgan fingerprint density at radius 1 is 0.513 bits per heavy atom. The zero-order valence-corrected chi connectivity index (χ0v) is 22.7. The number of benzene rings is 5. The van der Waals surface area contributed by atoms with Gasteiger partial charge in [-0.05, 0) is 57.1 Å². The molecule has 0 saturated carbocycles. The topological polar surface area (TPSA) is 3.88 Å². The van der Waals surface area contributed by atoms with Gasteiger partial charge in [0.1, 0.15) is 11.7 Å². The number of hydrogen-bond acceptors (Lipinski definition) is 1. The normalized spacial score (nSPS) is 11.8. The maximum absolute atomic E-state index is 2.32. The maximum atomic E-state index is 2.32. The number of pyridine rings is 1. The lowest BCUT2D eigenvalue weighted by Crippen LogP contribution is -2.30. The van der Waals surface area contributed by atoms with Crippen molar-refractivity contribution in [3.05, 3.63) is 127 Å². The second-order valence-electron chi connectivity index (χ2n) is 10.4. The second kappa shape index (κ2) is 8.49. The highest BCUT2D eigenvalue weighted by atomic mass is 32.1. The monoisotopic (exact) mass is 516 g/mol. The van der Waals surface area contributed by atoms with Crippen molar-refractivity contribution in [2.75, 3.05) is 0 Å². The molecule has 0 spiro atoms. The zero-order valence-electron chi connectivity index (χ0n) is 21.9. The fraction of sp³-hybridized carbons (Fsp3) is 0.0541. The summed E-state index contributed by atoms with van der Waals surface area (Å²) in [5, 5.41) is 3.91. The molecule has 39 heavy (non-hydrogen) atoms. The molecular formula is C37H26NS+. The smallest absolute Gasteiger partial charge is 0.200 e. The lowest BCUT2D eigenvalue weighted by molar-refractivity contribution is -0.659. The molecule has 7 aromatic rings. The van der Waals surface area contributed by atoms with Crippen molar-refractivity contribution >= 4 is 32.2 Å². The highest BCUT2D eigenvalue weighted by Crippen LogP contribution is 2.54. The van der Waals surface area contributed by atoms with Gasteiger partial charge in [0.05, 0.1) is 5.56 Å². The maximum Gasteiger partial charge on any atom is 0.230 e. The van der Waals surface area contributed by atoms with E-state index in [9.17, 15) is 0 Å². The van der Waals surface area contributed by atoms with Crippen molar-refractivity contribution in [2.24, 2.45) is 7.05 Å². The van der Waals surface area contributed by atoms with Crippen LogP contribution in [0.15, 0.2) is 121 Å². The van der Waals surface area contributed by atoms with E-state index in [1.54, 1.807) is 0 Å². The molecule has 0 fully saturated rings. The van der Waals surface area contributed by atoms with E-state index in [-0.39, 0.29) is 0 Å². The van der Waals surface area contributed by atoms with Gasteiger partial charge >= 0.3 is 0 Å². The molecule has 2 heterocycles. The van der Waals surface area contributed by atoms with Crippen molar-refractivity contribution in [3.8, 4) is 55.1 Å². The number of aromatic nitrogens is 1. The SMILES string of the molecule is Cc1c(-c2c3sc4c(c3cc[n+]2C)-c2ccccc2-c2ccccc2-c2ccccc2-4)ccc2ccccc12. The Balaban J connectivity index is 1.53. The van der Waals surface area contributed by atoms with Crippen LogP contribution in [0.1, 0.15) is 5.56 Å². The summed E-state index contributed by atoms with van der Waals surface area (Å²) in [6.45, 7) is 2.27. The van der Waals surface area contributed by atoms with Crippen LogP contribution in [0.25, 0.3) is 75.9 Å². The fourth-order valence-corrected chi connectivity index (χ4v) is 7.90. The van der Waals surface area contributed by atoms with Gasteiger partial charge in [-0.3, -0.25) is 0 Å². The summed E-state index contributed by atoms with van der Waals surface area (Å²) in [4.78, 5) is 1.34. The minimum Gasteiger partial charge on any atom is -0.200 e. The van der Waals surface area contributed by atoms with Gasteiger partial charge in [-0.25, -0.2) is 0 Å². The predicted octanol–water partition coefficient (Wildman–Crippen LogP) is 9.84. The van der Waals surface area contributed by atoms with E-state index >= 15 is 0 Å².